The van der Waals surface area contributed by atoms with Crippen LogP contribution < -0.4 is 0 Å². The summed E-state index contributed by atoms with van der Waals surface area (Å²) < 4.78 is 0. The SMILES string of the molecule is C[C@H]1C[C@H](C(C)(C)C)CC[C@H]1CCC#N. The van der Waals surface area contributed by atoms with Crippen LogP contribution in [0, 0.1) is 34.5 Å². The lowest BCUT2D eigenvalue weighted by atomic mass is 9.65. The highest BCUT2D eigenvalue weighted by Gasteiger charge is 2.33. The van der Waals surface area contributed by atoms with Gasteiger partial charge in [-0.1, -0.05) is 27.7 Å². The first-order valence-corrected chi connectivity index (χ1v) is 6.32. The quantitative estimate of drug-likeness (QED) is 0.659. The average molecular weight is 207 g/mol. The van der Waals surface area contributed by atoms with Crippen LogP contribution in [0.15, 0.2) is 0 Å². The zero-order valence-electron chi connectivity index (χ0n) is 10.7. The second kappa shape index (κ2) is 5.01. The summed E-state index contributed by atoms with van der Waals surface area (Å²) in [6.45, 7) is 9.46. The van der Waals surface area contributed by atoms with Crippen molar-refractivity contribution < 1.29 is 0 Å². The highest BCUT2D eigenvalue weighted by atomic mass is 14.4. The molecule has 1 fully saturated rings. The Morgan fingerprint density at radius 1 is 1.27 bits per heavy atom. The van der Waals surface area contributed by atoms with Crippen molar-refractivity contribution in [2.45, 2.75) is 59.8 Å². The van der Waals surface area contributed by atoms with Crippen LogP contribution in [0.5, 0.6) is 0 Å². The molecule has 0 bridgehead atoms. The Labute approximate surface area is 94.9 Å². The van der Waals surface area contributed by atoms with Crippen molar-refractivity contribution >= 4 is 0 Å². The van der Waals surface area contributed by atoms with Gasteiger partial charge in [0, 0.05) is 6.42 Å². The molecule has 0 aromatic heterocycles. The van der Waals surface area contributed by atoms with E-state index < -0.39 is 0 Å². The van der Waals surface area contributed by atoms with Gasteiger partial charge in [-0.25, -0.2) is 0 Å². The van der Waals surface area contributed by atoms with Gasteiger partial charge < -0.3 is 0 Å². The van der Waals surface area contributed by atoms with Gasteiger partial charge in [-0.2, -0.15) is 5.26 Å². The molecule has 1 rings (SSSR count). The van der Waals surface area contributed by atoms with E-state index in [4.69, 9.17) is 5.26 Å². The molecule has 1 nitrogen and oxygen atoms in total. The van der Waals surface area contributed by atoms with Crippen molar-refractivity contribution in [2.75, 3.05) is 0 Å². The van der Waals surface area contributed by atoms with Crippen LogP contribution in [-0.2, 0) is 0 Å². The lowest BCUT2D eigenvalue weighted by Gasteiger charge is -2.40. The molecule has 0 N–H and O–H groups in total. The zero-order valence-corrected chi connectivity index (χ0v) is 10.7. The minimum absolute atomic E-state index is 0.467. The summed E-state index contributed by atoms with van der Waals surface area (Å²) in [5, 5.41) is 8.61. The number of hydrogen-bond donors (Lipinski definition) is 0. The highest BCUT2D eigenvalue weighted by molar-refractivity contribution is 4.85. The maximum atomic E-state index is 8.61. The molecule has 3 atom stereocenters. The van der Waals surface area contributed by atoms with E-state index in [-0.39, 0.29) is 0 Å². The van der Waals surface area contributed by atoms with E-state index in [1.165, 1.54) is 19.3 Å². The van der Waals surface area contributed by atoms with Gasteiger partial charge in [-0.05, 0) is 48.9 Å². The van der Waals surface area contributed by atoms with Crippen LogP contribution in [0.4, 0.5) is 0 Å². The molecule has 0 saturated heterocycles. The Morgan fingerprint density at radius 3 is 2.40 bits per heavy atom. The first-order chi connectivity index (χ1) is 6.95. The minimum atomic E-state index is 0.467. The molecular weight excluding hydrogens is 182 g/mol. The van der Waals surface area contributed by atoms with E-state index in [0.717, 1.165) is 30.6 Å². The first-order valence-electron chi connectivity index (χ1n) is 6.32. The topological polar surface area (TPSA) is 23.8 Å². The average Bonchev–Trinajstić information content (AvgIpc) is 2.14. The smallest absolute Gasteiger partial charge is 0.0621 e. The Bertz CT molecular complexity index is 231. The van der Waals surface area contributed by atoms with Gasteiger partial charge in [-0.3, -0.25) is 0 Å². The van der Waals surface area contributed by atoms with Gasteiger partial charge in [0.1, 0.15) is 0 Å². The molecule has 0 amide bonds. The van der Waals surface area contributed by atoms with Crippen LogP contribution in [0.3, 0.4) is 0 Å². The second-order valence-corrected chi connectivity index (χ2v) is 6.31. The fourth-order valence-electron chi connectivity index (χ4n) is 2.92. The Kier molecular flexibility index (Phi) is 4.20. The molecule has 0 radical (unpaired) electrons. The van der Waals surface area contributed by atoms with Crippen molar-refractivity contribution in [1.82, 2.24) is 0 Å². The van der Waals surface area contributed by atoms with Gasteiger partial charge in [0.25, 0.3) is 0 Å². The summed E-state index contributed by atoms with van der Waals surface area (Å²) in [5.74, 6) is 2.51. The molecule has 15 heavy (non-hydrogen) atoms. The fraction of sp³-hybridized carbons (Fsp3) is 0.929. The van der Waals surface area contributed by atoms with Gasteiger partial charge in [-0.15, -0.1) is 0 Å². The highest BCUT2D eigenvalue weighted by Crippen LogP contribution is 2.43. The summed E-state index contributed by atoms with van der Waals surface area (Å²) in [6.07, 6.45) is 5.93. The predicted molar refractivity (Wildman–Crippen MR) is 64.3 cm³/mol. The molecule has 1 saturated carbocycles. The number of nitriles is 1. The maximum Gasteiger partial charge on any atom is 0.0621 e. The fourth-order valence-corrected chi connectivity index (χ4v) is 2.92. The van der Waals surface area contributed by atoms with Crippen LogP contribution >= 0.6 is 0 Å². The van der Waals surface area contributed by atoms with Crippen LogP contribution in [0.25, 0.3) is 0 Å². The van der Waals surface area contributed by atoms with E-state index >= 15 is 0 Å². The molecule has 0 aliphatic heterocycles. The van der Waals surface area contributed by atoms with Crippen molar-refractivity contribution in [3.05, 3.63) is 0 Å². The van der Waals surface area contributed by atoms with Gasteiger partial charge in [0.05, 0.1) is 6.07 Å². The van der Waals surface area contributed by atoms with Gasteiger partial charge in [0.15, 0.2) is 0 Å². The van der Waals surface area contributed by atoms with Crippen molar-refractivity contribution in [1.29, 1.82) is 5.26 Å². The van der Waals surface area contributed by atoms with Gasteiger partial charge in [0.2, 0.25) is 0 Å². The van der Waals surface area contributed by atoms with Crippen LogP contribution in [-0.4, -0.2) is 0 Å². The largest absolute Gasteiger partial charge is 0.198 e. The van der Waals surface area contributed by atoms with E-state index in [1.807, 2.05) is 0 Å². The molecule has 0 spiro atoms. The molecule has 0 aromatic rings. The van der Waals surface area contributed by atoms with E-state index in [1.54, 1.807) is 0 Å². The Hall–Kier alpha value is -0.510. The van der Waals surface area contributed by atoms with E-state index in [0.29, 0.717) is 5.41 Å². The number of hydrogen-bond acceptors (Lipinski definition) is 1. The molecule has 1 heteroatoms. The summed E-state index contributed by atoms with van der Waals surface area (Å²) in [6, 6.07) is 2.28. The third-order valence-electron chi connectivity index (χ3n) is 4.20. The van der Waals surface area contributed by atoms with Gasteiger partial charge >= 0.3 is 0 Å². The molecule has 0 unspecified atom stereocenters. The molecule has 1 aliphatic rings. The molecule has 0 heterocycles. The van der Waals surface area contributed by atoms with Crippen LogP contribution in [0.1, 0.15) is 59.8 Å². The normalized spacial score (nSPS) is 32.3. The lowest BCUT2D eigenvalue weighted by Crippen LogP contribution is -2.30. The lowest BCUT2D eigenvalue weighted by molar-refractivity contribution is 0.103. The number of nitrogens with zero attached hydrogens (tertiary/aromatic N) is 1. The number of rotatable bonds is 2. The van der Waals surface area contributed by atoms with Crippen molar-refractivity contribution in [3.8, 4) is 6.07 Å². The summed E-state index contributed by atoms with van der Waals surface area (Å²) in [4.78, 5) is 0. The minimum Gasteiger partial charge on any atom is -0.198 e. The summed E-state index contributed by atoms with van der Waals surface area (Å²) in [7, 11) is 0. The second-order valence-electron chi connectivity index (χ2n) is 6.31. The van der Waals surface area contributed by atoms with Crippen LogP contribution in [0.2, 0.25) is 0 Å². The Balaban J connectivity index is 2.45. The zero-order chi connectivity index (χ0) is 11.5. The standard InChI is InChI=1S/C14H25N/c1-11-10-13(14(2,3)4)8-7-12(11)6-5-9-15/h11-13H,5-8,10H2,1-4H3/t11-,12+,13+/m0/s1. The van der Waals surface area contributed by atoms with E-state index in [2.05, 4.69) is 33.8 Å². The third-order valence-corrected chi connectivity index (χ3v) is 4.20. The Morgan fingerprint density at radius 2 is 1.93 bits per heavy atom. The molecule has 1 aliphatic carbocycles. The maximum absolute atomic E-state index is 8.61. The molecule has 86 valence electrons. The molecule has 0 aromatic carbocycles. The van der Waals surface area contributed by atoms with Crippen molar-refractivity contribution in [3.63, 3.8) is 0 Å². The third kappa shape index (κ3) is 3.52. The van der Waals surface area contributed by atoms with E-state index in [9.17, 15) is 0 Å². The predicted octanol–water partition coefficient (Wildman–Crippen LogP) is 4.39. The first kappa shape index (κ1) is 12.6. The monoisotopic (exact) mass is 207 g/mol. The summed E-state index contributed by atoms with van der Waals surface area (Å²) >= 11 is 0. The molecular formula is C14H25N. The summed E-state index contributed by atoms with van der Waals surface area (Å²) in [5.41, 5.74) is 0.467. The van der Waals surface area contributed by atoms with Crippen molar-refractivity contribution in [2.24, 2.45) is 23.2 Å².